The molecule has 2 heterocycles. The fourth-order valence-corrected chi connectivity index (χ4v) is 1.39. The molecule has 2 aromatic rings. The van der Waals surface area contributed by atoms with Crippen molar-refractivity contribution in [2.45, 2.75) is 6.92 Å². The predicted molar refractivity (Wildman–Crippen MR) is 55.6 cm³/mol. The SMILES string of the molecule is CCOC(=O)c1cnc2c(N)cccn12. The molecule has 0 atom stereocenters. The summed E-state index contributed by atoms with van der Waals surface area (Å²) in [5.74, 6) is -0.393. The van der Waals surface area contributed by atoms with Crippen LogP contribution in [0.2, 0.25) is 0 Å². The molecule has 0 bridgehead atoms. The van der Waals surface area contributed by atoms with Gasteiger partial charge in [-0.05, 0) is 19.1 Å². The van der Waals surface area contributed by atoms with Gasteiger partial charge in [0.2, 0.25) is 0 Å². The van der Waals surface area contributed by atoms with Gasteiger partial charge >= 0.3 is 5.97 Å². The van der Waals surface area contributed by atoms with Gasteiger partial charge in [-0.3, -0.25) is 4.40 Å². The molecule has 0 fully saturated rings. The molecule has 0 unspecified atom stereocenters. The van der Waals surface area contributed by atoms with Crippen molar-refractivity contribution >= 4 is 17.3 Å². The number of nitrogens with two attached hydrogens (primary N) is 1. The number of nitrogens with zero attached hydrogens (tertiary/aromatic N) is 2. The smallest absolute Gasteiger partial charge is 0.356 e. The van der Waals surface area contributed by atoms with E-state index in [0.717, 1.165) is 0 Å². The van der Waals surface area contributed by atoms with Crippen molar-refractivity contribution in [2.24, 2.45) is 0 Å². The van der Waals surface area contributed by atoms with Crippen LogP contribution in [0.25, 0.3) is 5.65 Å². The molecule has 0 spiro atoms. The van der Waals surface area contributed by atoms with E-state index in [0.29, 0.717) is 23.6 Å². The zero-order chi connectivity index (χ0) is 10.8. The lowest BCUT2D eigenvalue weighted by molar-refractivity contribution is 0.0518. The highest BCUT2D eigenvalue weighted by Crippen LogP contribution is 2.13. The van der Waals surface area contributed by atoms with Gasteiger partial charge in [-0.2, -0.15) is 0 Å². The van der Waals surface area contributed by atoms with Crippen LogP contribution in [0, 0.1) is 0 Å². The van der Waals surface area contributed by atoms with Crippen LogP contribution in [0.3, 0.4) is 0 Å². The van der Waals surface area contributed by atoms with Gasteiger partial charge in [0.1, 0.15) is 0 Å². The zero-order valence-electron chi connectivity index (χ0n) is 8.30. The number of hydrogen-bond acceptors (Lipinski definition) is 4. The number of aromatic nitrogens is 2. The molecule has 5 nitrogen and oxygen atoms in total. The largest absolute Gasteiger partial charge is 0.461 e. The van der Waals surface area contributed by atoms with Crippen LogP contribution in [-0.2, 0) is 4.74 Å². The second kappa shape index (κ2) is 3.61. The van der Waals surface area contributed by atoms with Crippen molar-refractivity contribution in [1.82, 2.24) is 9.38 Å². The summed E-state index contributed by atoms with van der Waals surface area (Å²) in [5, 5.41) is 0. The number of ether oxygens (including phenoxy) is 1. The summed E-state index contributed by atoms with van der Waals surface area (Å²) in [7, 11) is 0. The highest BCUT2D eigenvalue weighted by Gasteiger charge is 2.13. The molecule has 78 valence electrons. The Morgan fingerprint density at radius 2 is 2.47 bits per heavy atom. The van der Waals surface area contributed by atoms with Crippen molar-refractivity contribution < 1.29 is 9.53 Å². The summed E-state index contributed by atoms with van der Waals surface area (Å²) in [6.45, 7) is 2.10. The number of hydrogen-bond donors (Lipinski definition) is 1. The van der Waals surface area contributed by atoms with E-state index in [1.165, 1.54) is 6.20 Å². The maximum atomic E-state index is 11.5. The lowest BCUT2D eigenvalue weighted by Gasteiger charge is -2.02. The monoisotopic (exact) mass is 205 g/mol. The van der Waals surface area contributed by atoms with Crippen LogP contribution in [0.15, 0.2) is 24.5 Å². The minimum Gasteiger partial charge on any atom is -0.461 e. The first-order valence-corrected chi connectivity index (χ1v) is 4.62. The van der Waals surface area contributed by atoms with Crippen LogP contribution in [-0.4, -0.2) is 22.0 Å². The maximum absolute atomic E-state index is 11.5. The standard InChI is InChI=1S/C10H11N3O2/c1-2-15-10(14)8-6-12-9-7(11)4-3-5-13(8)9/h3-6H,2,11H2,1H3. The van der Waals surface area contributed by atoms with E-state index in [1.54, 1.807) is 29.7 Å². The molecule has 0 saturated heterocycles. The number of rotatable bonds is 2. The number of imidazole rings is 1. The number of pyridine rings is 1. The summed E-state index contributed by atoms with van der Waals surface area (Å²) < 4.78 is 6.51. The molecule has 2 N–H and O–H groups in total. The van der Waals surface area contributed by atoms with E-state index in [9.17, 15) is 4.79 Å². The second-order valence-corrected chi connectivity index (χ2v) is 3.02. The molecule has 0 aliphatic rings. The van der Waals surface area contributed by atoms with E-state index in [1.807, 2.05) is 0 Å². The number of carbonyl (C=O) groups excluding carboxylic acids is 1. The minimum absolute atomic E-state index is 0.342. The highest BCUT2D eigenvalue weighted by atomic mass is 16.5. The van der Waals surface area contributed by atoms with Crippen LogP contribution in [0.1, 0.15) is 17.4 Å². The highest BCUT2D eigenvalue weighted by molar-refractivity contribution is 5.89. The molecule has 0 amide bonds. The summed E-state index contributed by atoms with van der Waals surface area (Å²) in [6, 6.07) is 3.49. The van der Waals surface area contributed by atoms with E-state index in [2.05, 4.69) is 4.98 Å². The summed E-state index contributed by atoms with van der Waals surface area (Å²) >= 11 is 0. The van der Waals surface area contributed by atoms with Crippen LogP contribution in [0.5, 0.6) is 0 Å². The number of fused-ring (bicyclic) bond motifs is 1. The molecule has 0 aliphatic carbocycles. The molecule has 0 aromatic carbocycles. The van der Waals surface area contributed by atoms with Crippen LogP contribution >= 0.6 is 0 Å². The van der Waals surface area contributed by atoms with Gasteiger partial charge in [0.05, 0.1) is 18.5 Å². The molecule has 0 aliphatic heterocycles. The lowest BCUT2D eigenvalue weighted by atomic mass is 10.4. The Labute approximate surface area is 86.5 Å². The Morgan fingerprint density at radius 1 is 1.67 bits per heavy atom. The topological polar surface area (TPSA) is 69.6 Å². The van der Waals surface area contributed by atoms with Crippen molar-refractivity contribution in [3.63, 3.8) is 0 Å². The zero-order valence-corrected chi connectivity index (χ0v) is 8.30. The number of carbonyl (C=O) groups is 1. The third-order valence-electron chi connectivity index (χ3n) is 2.05. The summed E-state index contributed by atoms with van der Waals surface area (Å²) in [6.07, 6.45) is 3.19. The van der Waals surface area contributed by atoms with E-state index in [4.69, 9.17) is 10.5 Å². The van der Waals surface area contributed by atoms with Gasteiger partial charge in [0.15, 0.2) is 11.3 Å². The maximum Gasteiger partial charge on any atom is 0.356 e. The molecule has 2 aromatic heterocycles. The molecule has 0 radical (unpaired) electrons. The average Bonchev–Trinajstić information content (AvgIpc) is 2.63. The Kier molecular flexibility index (Phi) is 2.29. The van der Waals surface area contributed by atoms with Crippen LogP contribution in [0.4, 0.5) is 5.69 Å². The first-order valence-electron chi connectivity index (χ1n) is 4.62. The van der Waals surface area contributed by atoms with E-state index in [-0.39, 0.29) is 0 Å². The van der Waals surface area contributed by atoms with Gasteiger partial charge in [-0.1, -0.05) is 0 Å². The predicted octanol–water partition coefficient (Wildman–Crippen LogP) is 1.09. The second-order valence-electron chi connectivity index (χ2n) is 3.02. The van der Waals surface area contributed by atoms with Gasteiger partial charge in [0, 0.05) is 6.20 Å². The van der Waals surface area contributed by atoms with Crippen molar-refractivity contribution in [3.05, 3.63) is 30.2 Å². The van der Waals surface area contributed by atoms with Gasteiger partial charge in [-0.15, -0.1) is 0 Å². The summed E-state index contributed by atoms with van der Waals surface area (Å²) in [4.78, 5) is 15.6. The van der Waals surface area contributed by atoms with Gasteiger partial charge in [-0.25, -0.2) is 9.78 Å². The number of anilines is 1. The molecular formula is C10H11N3O2. The fraction of sp³-hybridized carbons (Fsp3) is 0.200. The average molecular weight is 205 g/mol. The Morgan fingerprint density at radius 3 is 3.20 bits per heavy atom. The molecule has 2 rings (SSSR count). The fourth-order valence-electron chi connectivity index (χ4n) is 1.39. The van der Waals surface area contributed by atoms with Crippen molar-refractivity contribution in [2.75, 3.05) is 12.3 Å². The van der Waals surface area contributed by atoms with Gasteiger partial charge in [0.25, 0.3) is 0 Å². The Hall–Kier alpha value is -2.04. The first-order chi connectivity index (χ1) is 7.24. The van der Waals surface area contributed by atoms with E-state index >= 15 is 0 Å². The van der Waals surface area contributed by atoms with E-state index < -0.39 is 5.97 Å². The third kappa shape index (κ3) is 1.52. The summed E-state index contributed by atoms with van der Waals surface area (Å²) in [5.41, 5.74) is 7.20. The quantitative estimate of drug-likeness (QED) is 0.745. The number of esters is 1. The van der Waals surface area contributed by atoms with Gasteiger partial charge < -0.3 is 10.5 Å². The molecule has 15 heavy (non-hydrogen) atoms. The first kappa shape index (κ1) is 9.51. The lowest BCUT2D eigenvalue weighted by Crippen LogP contribution is -2.07. The minimum atomic E-state index is -0.393. The molecule has 0 saturated carbocycles. The van der Waals surface area contributed by atoms with Crippen LogP contribution < -0.4 is 5.73 Å². The Bertz CT molecular complexity index is 504. The number of nitrogen functional groups attached to an aromatic ring is 1. The Balaban J connectivity index is 2.54. The molecule has 5 heteroatoms. The van der Waals surface area contributed by atoms with Crippen molar-refractivity contribution in [3.8, 4) is 0 Å². The molecular weight excluding hydrogens is 194 g/mol. The van der Waals surface area contributed by atoms with Crippen molar-refractivity contribution in [1.29, 1.82) is 0 Å². The normalized spacial score (nSPS) is 10.5. The third-order valence-corrected chi connectivity index (χ3v) is 2.05.